The number of benzene rings is 2. The second-order valence-electron chi connectivity index (χ2n) is 5.32. The number of hydrogen-bond donors (Lipinski definition) is 0. The minimum atomic E-state index is -0.554. The quantitative estimate of drug-likeness (QED) is 0.568. The van der Waals surface area contributed by atoms with Gasteiger partial charge in [0.2, 0.25) is 0 Å². The number of carbonyl (C=O) groups excluding carboxylic acids is 2. The van der Waals surface area contributed by atoms with Crippen LogP contribution in [0.15, 0.2) is 48.5 Å². The zero-order valence-electron chi connectivity index (χ0n) is 14.4. The molecule has 0 N–H and O–H groups in total. The minimum absolute atomic E-state index is 0.191. The molecular formula is C19H20O6. The average Bonchev–Trinajstić information content (AvgIpc) is 2.61. The highest BCUT2D eigenvalue weighted by Gasteiger charge is 2.15. The van der Waals surface area contributed by atoms with Crippen LogP contribution in [0.2, 0.25) is 0 Å². The van der Waals surface area contributed by atoms with Crippen LogP contribution in [0.4, 0.5) is 0 Å². The zero-order valence-corrected chi connectivity index (χ0v) is 14.4. The SMILES string of the molecule is COCC(C)Oc1cc(OC(=O)c2ccccc2)cc(C(=O)OC)c1. The molecule has 0 aliphatic rings. The summed E-state index contributed by atoms with van der Waals surface area (Å²) in [5.41, 5.74) is 0.627. The molecule has 1 atom stereocenters. The van der Waals surface area contributed by atoms with Crippen molar-refractivity contribution in [3.05, 3.63) is 59.7 Å². The van der Waals surface area contributed by atoms with Crippen molar-refractivity contribution >= 4 is 11.9 Å². The lowest BCUT2D eigenvalue weighted by Crippen LogP contribution is -2.18. The molecule has 2 aromatic carbocycles. The molecule has 2 aromatic rings. The maximum absolute atomic E-state index is 12.2. The molecular weight excluding hydrogens is 324 g/mol. The predicted molar refractivity (Wildman–Crippen MR) is 91.1 cm³/mol. The van der Waals surface area contributed by atoms with Crippen LogP contribution >= 0.6 is 0 Å². The second-order valence-corrected chi connectivity index (χ2v) is 5.32. The van der Waals surface area contributed by atoms with Crippen molar-refractivity contribution in [2.45, 2.75) is 13.0 Å². The molecule has 6 nitrogen and oxygen atoms in total. The Morgan fingerprint density at radius 2 is 1.60 bits per heavy atom. The average molecular weight is 344 g/mol. The summed E-state index contributed by atoms with van der Waals surface area (Å²) in [6.45, 7) is 2.20. The Kier molecular flexibility index (Phi) is 6.54. The van der Waals surface area contributed by atoms with Crippen LogP contribution in [0, 0.1) is 0 Å². The van der Waals surface area contributed by atoms with Crippen LogP contribution in [0.5, 0.6) is 11.5 Å². The molecule has 0 amide bonds. The second kappa shape index (κ2) is 8.84. The molecule has 1 unspecified atom stereocenters. The molecule has 0 radical (unpaired) electrons. The summed E-state index contributed by atoms with van der Waals surface area (Å²) in [4.78, 5) is 24.0. The number of methoxy groups -OCH3 is 2. The van der Waals surface area contributed by atoms with Crippen LogP contribution in [0.25, 0.3) is 0 Å². The van der Waals surface area contributed by atoms with Gasteiger partial charge in [-0.1, -0.05) is 18.2 Å². The van der Waals surface area contributed by atoms with Crippen molar-refractivity contribution in [3.63, 3.8) is 0 Å². The topological polar surface area (TPSA) is 71.1 Å². The summed E-state index contributed by atoms with van der Waals surface area (Å²) in [6, 6.07) is 13.1. The number of carbonyl (C=O) groups is 2. The molecule has 0 spiro atoms. The first kappa shape index (κ1) is 18.5. The Bertz CT molecular complexity index is 726. The van der Waals surface area contributed by atoms with E-state index in [1.807, 2.05) is 6.92 Å². The Morgan fingerprint density at radius 1 is 0.920 bits per heavy atom. The van der Waals surface area contributed by atoms with Crippen molar-refractivity contribution in [2.75, 3.05) is 20.8 Å². The fourth-order valence-corrected chi connectivity index (χ4v) is 2.18. The van der Waals surface area contributed by atoms with E-state index >= 15 is 0 Å². The van der Waals surface area contributed by atoms with Gasteiger partial charge in [0.1, 0.15) is 17.6 Å². The van der Waals surface area contributed by atoms with E-state index in [-0.39, 0.29) is 17.4 Å². The summed E-state index contributed by atoms with van der Waals surface area (Å²) >= 11 is 0. The monoisotopic (exact) mass is 344 g/mol. The Hall–Kier alpha value is -2.86. The fourth-order valence-electron chi connectivity index (χ4n) is 2.18. The van der Waals surface area contributed by atoms with Gasteiger partial charge in [0.25, 0.3) is 0 Å². The maximum Gasteiger partial charge on any atom is 0.343 e. The van der Waals surface area contributed by atoms with Gasteiger partial charge in [-0.05, 0) is 31.2 Å². The lowest BCUT2D eigenvalue weighted by molar-refractivity contribution is 0.0595. The lowest BCUT2D eigenvalue weighted by Gasteiger charge is -2.15. The van der Waals surface area contributed by atoms with E-state index in [1.165, 1.54) is 19.2 Å². The van der Waals surface area contributed by atoms with E-state index in [0.29, 0.717) is 17.9 Å². The van der Waals surface area contributed by atoms with Crippen molar-refractivity contribution in [3.8, 4) is 11.5 Å². The normalized spacial score (nSPS) is 11.5. The third kappa shape index (κ3) is 5.32. The number of hydrogen-bond acceptors (Lipinski definition) is 6. The number of ether oxygens (including phenoxy) is 4. The third-order valence-corrected chi connectivity index (χ3v) is 3.26. The predicted octanol–water partition coefficient (Wildman–Crippen LogP) is 3.11. The largest absolute Gasteiger partial charge is 0.488 e. The standard InChI is InChI=1S/C19H20O6/c1-13(12-22-2)24-16-9-15(18(20)23-3)10-17(11-16)25-19(21)14-7-5-4-6-8-14/h4-11,13H,12H2,1-3H3. The highest BCUT2D eigenvalue weighted by Crippen LogP contribution is 2.25. The van der Waals surface area contributed by atoms with Crippen LogP contribution in [-0.4, -0.2) is 38.9 Å². The van der Waals surface area contributed by atoms with Crippen LogP contribution in [0.1, 0.15) is 27.6 Å². The molecule has 0 aromatic heterocycles. The molecule has 0 aliphatic heterocycles. The highest BCUT2D eigenvalue weighted by atomic mass is 16.5. The number of rotatable bonds is 7. The summed E-state index contributed by atoms with van der Waals surface area (Å²) in [5, 5.41) is 0. The Balaban J connectivity index is 2.26. The third-order valence-electron chi connectivity index (χ3n) is 3.26. The van der Waals surface area contributed by atoms with Crippen LogP contribution in [0.3, 0.4) is 0 Å². The van der Waals surface area contributed by atoms with Gasteiger partial charge in [-0.3, -0.25) is 0 Å². The van der Waals surface area contributed by atoms with E-state index in [1.54, 1.807) is 43.5 Å². The molecule has 6 heteroatoms. The highest BCUT2D eigenvalue weighted by molar-refractivity contribution is 5.93. The van der Waals surface area contributed by atoms with Gasteiger partial charge in [0.05, 0.1) is 24.8 Å². The van der Waals surface area contributed by atoms with Crippen molar-refractivity contribution in [1.82, 2.24) is 0 Å². The Morgan fingerprint density at radius 3 is 2.24 bits per heavy atom. The molecule has 0 heterocycles. The summed E-state index contributed by atoms with van der Waals surface area (Å²) < 4.78 is 20.8. The van der Waals surface area contributed by atoms with E-state index in [2.05, 4.69) is 0 Å². The summed E-state index contributed by atoms with van der Waals surface area (Å²) in [5.74, 6) is -0.514. The molecule has 132 valence electrons. The van der Waals surface area contributed by atoms with Crippen molar-refractivity contribution in [2.24, 2.45) is 0 Å². The van der Waals surface area contributed by atoms with Gasteiger partial charge in [0.15, 0.2) is 0 Å². The fraction of sp³-hybridized carbons (Fsp3) is 0.263. The van der Waals surface area contributed by atoms with Gasteiger partial charge >= 0.3 is 11.9 Å². The molecule has 0 saturated heterocycles. The first-order valence-electron chi connectivity index (χ1n) is 7.69. The first-order valence-corrected chi connectivity index (χ1v) is 7.69. The van der Waals surface area contributed by atoms with Gasteiger partial charge < -0.3 is 18.9 Å². The molecule has 2 rings (SSSR count). The lowest BCUT2D eigenvalue weighted by atomic mass is 10.2. The molecule has 0 bridgehead atoms. The number of esters is 2. The minimum Gasteiger partial charge on any atom is -0.488 e. The Labute approximate surface area is 146 Å². The van der Waals surface area contributed by atoms with E-state index in [0.717, 1.165) is 0 Å². The summed E-state index contributed by atoms with van der Waals surface area (Å²) in [7, 11) is 2.84. The van der Waals surface area contributed by atoms with Gasteiger partial charge in [0, 0.05) is 13.2 Å². The molecule has 0 aliphatic carbocycles. The van der Waals surface area contributed by atoms with Gasteiger partial charge in [-0.15, -0.1) is 0 Å². The van der Waals surface area contributed by atoms with Crippen molar-refractivity contribution < 1.29 is 28.5 Å². The van der Waals surface area contributed by atoms with E-state index in [4.69, 9.17) is 18.9 Å². The van der Waals surface area contributed by atoms with Gasteiger partial charge in [-0.2, -0.15) is 0 Å². The van der Waals surface area contributed by atoms with Crippen LogP contribution in [-0.2, 0) is 9.47 Å². The molecule has 25 heavy (non-hydrogen) atoms. The van der Waals surface area contributed by atoms with Gasteiger partial charge in [-0.25, -0.2) is 9.59 Å². The van der Waals surface area contributed by atoms with Crippen molar-refractivity contribution in [1.29, 1.82) is 0 Å². The smallest absolute Gasteiger partial charge is 0.343 e. The molecule has 0 fully saturated rings. The maximum atomic E-state index is 12.2. The van der Waals surface area contributed by atoms with E-state index < -0.39 is 11.9 Å². The first-order chi connectivity index (χ1) is 12.0. The zero-order chi connectivity index (χ0) is 18.2. The van der Waals surface area contributed by atoms with E-state index in [9.17, 15) is 9.59 Å². The summed E-state index contributed by atoms with van der Waals surface area (Å²) in [6.07, 6.45) is -0.240. The van der Waals surface area contributed by atoms with Crippen LogP contribution < -0.4 is 9.47 Å². The molecule has 0 saturated carbocycles.